The first-order chi connectivity index (χ1) is 19.8. The average molecular weight is 597 g/mol. The van der Waals surface area contributed by atoms with Crippen LogP contribution in [0.3, 0.4) is 0 Å². The molecule has 4 aromatic rings. The molecule has 2 atom stereocenters. The van der Waals surface area contributed by atoms with Crippen LogP contribution in [-0.4, -0.2) is 32.2 Å². The van der Waals surface area contributed by atoms with E-state index in [0.717, 1.165) is 47.4 Å². The Labute approximate surface area is 246 Å². The molecule has 0 amide bonds. The molecule has 0 spiro atoms. The topological polar surface area (TPSA) is 103 Å². The lowest BCUT2D eigenvalue weighted by Crippen LogP contribution is -2.20. The molecule has 41 heavy (non-hydrogen) atoms. The van der Waals surface area contributed by atoms with Crippen molar-refractivity contribution in [1.29, 1.82) is 0 Å². The molecule has 0 radical (unpaired) electrons. The summed E-state index contributed by atoms with van der Waals surface area (Å²) in [6.45, 7) is 2.66. The molecule has 2 unspecified atom stereocenters. The predicted molar refractivity (Wildman–Crippen MR) is 165 cm³/mol. The summed E-state index contributed by atoms with van der Waals surface area (Å²) in [5, 5.41) is 19.9. The maximum atomic E-state index is 13.1. The Hall–Kier alpha value is -3.39. The number of nitrogens with zero attached hydrogens (tertiary/aromatic N) is 2. The molecule has 4 rings (SSSR count). The third-order valence-electron chi connectivity index (χ3n) is 7.07. The van der Waals surface area contributed by atoms with Crippen LogP contribution in [-0.2, 0) is 24.2 Å². The molecular weight excluding hydrogens is 559 g/mol. The second kappa shape index (κ2) is 14.5. The summed E-state index contributed by atoms with van der Waals surface area (Å²) >= 11 is 1.25. The number of imidazole rings is 1. The Morgan fingerprint density at radius 1 is 1.00 bits per heavy atom. The Bertz CT molecular complexity index is 1490. The molecule has 2 N–H and O–H groups in total. The van der Waals surface area contributed by atoms with Crippen LogP contribution in [0.15, 0.2) is 65.5 Å². The van der Waals surface area contributed by atoms with Gasteiger partial charge in [0.15, 0.2) is 0 Å². The summed E-state index contributed by atoms with van der Waals surface area (Å²) in [5.41, 5.74) is 2.93. The van der Waals surface area contributed by atoms with Crippen LogP contribution in [0.25, 0.3) is 5.69 Å². The van der Waals surface area contributed by atoms with Crippen LogP contribution < -0.4 is 10.4 Å². The number of hydrogen-bond donors (Lipinski definition) is 2. The maximum absolute atomic E-state index is 13.1. The second-order valence-corrected chi connectivity index (χ2v) is 11.6. The number of hydrogen-bond acceptors (Lipinski definition) is 6. The number of aromatic nitrogens is 2. The monoisotopic (exact) mass is 596 g/mol. The normalized spacial score (nSPS) is 12.0. The zero-order valence-electron chi connectivity index (χ0n) is 23.4. The third kappa shape index (κ3) is 7.67. The fraction of sp³-hybridized carbons (Fsp3) is 0.355. The smallest absolute Gasteiger partial charge is 0.345 e. The van der Waals surface area contributed by atoms with Crippen LogP contribution in [0.1, 0.15) is 76.5 Å². The quantitative estimate of drug-likeness (QED) is 0.116. The molecule has 2 aromatic carbocycles. The number of thiophene rings is 1. The van der Waals surface area contributed by atoms with Gasteiger partial charge in [0, 0.05) is 4.88 Å². The first-order valence-corrected chi connectivity index (χ1v) is 15.1. The van der Waals surface area contributed by atoms with E-state index < -0.39 is 5.97 Å². The van der Waals surface area contributed by atoms with Crippen molar-refractivity contribution in [2.24, 2.45) is 0 Å². The number of unbranched alkanes of at least 4 members (excludes halogenated alkanes) is 2. The van der Waals surface area contributed by atoms with Crippen LogP contribution >= 0.6 is 20.7 Å². The molecule has 8 nitrogen and oxygen atoms in total. The number of aromatic carboxylic acids is 1. The van der Waals surface area contributed by atoms with E-state index in [1.807, 2.05) is 54.6 Å². The van der Waals surface area contributed by atoms with Crippen LogP contribution in [0.5, 0.6) is 11.6 Å². The van der Waals surface area contributed by atoms with E-state index in [4.69, 9.17) is 14.6 Å². The standard InChI is InChI=1S/C31H37N2O6PS/c1-3-4-5-9-27(39-20-21-10-16-24(38-2)17-11-21)22-12-14-23(15-13-22)32-26(29(34)33(40)31(32)37)8-6-7-25-18-19-28(41-25)30(35)36/h10-19,27,34H,3-9,20,40H2,1-2H3,(H,35,36). The highest BCUT2D eigenvalue weighted by molar-refractivity contribution is 7.14. The predicted octanol–water partition coefficient (Wildman–Crippen LogP) is 6.76. The lowest BCUT2D eigenvalue weighted by Gasteiger charge is -2.19. The van der Waals surface area contributed by atoms with Crippen LogP contribution in [0, 0.1) is 0 Å². The van der Waals surface area contributed by atoms with Gasteiger partial charge in [0.05, 0.1) is 31.2 Å². The van der Waals surface area contributed by atoms with Gasteiger partial charge in [0.25, 0.3) is 0 Å². The molecule has 0 aliphatic rings. The Balaban J connectivity index is 1.50. The summed E-state index contributed by atoms with van der Waals surface area (Å²) in [6, 6.07) is 19.1. The summed E-state index contributed by atoms with van der Waals surface area (Å²) in [4.78, 5) is 25.5. The van der Waals surface area contributed by atoms with Crippen molar-refractivity contribution in [2.45, 2.75) is 64.6 Å². The second-order valence-electron chi connectivity index (χ2n) is 9.92. The summed E-state index contributed by atoms with van der Waals surface area (Å²) in [7, 11) is 3.92. The summed E-state index contributed by atoms with van der Waals surface area (Å²) in [5.74, 6) is -0.223. The average Bonchev–Trinajstić information content (AvgIpc) is 3.55. The van der Waals surface area contributed by atoms with Gasteiger partial charge in [-0.1, -0.05) is 50.5 Å². The number of carboxylic acids is 1. The summed E-state index contributed by atoms with van der Waals surface area (Å²) < 4.78 is 14.3. The fourth-order valence-corrected chi connectivity index (χ4v) is 5.94. The zero-order valence-corrected chi connectivity index (χ0v) is 25.4. The highest BCUT2D eigenvalue weighted by Crippen LogP contribution is 2.29. The molecular formula is C31H37N2O6PS. The van der Waals surface area contributed by atoms with E-state index in [9.17, 15) is 14.7 Å². The van der Waals surface area contributed by atoms with Gasteiger partial charge in [-0.3, -0.25) is 4.57 Å². The van der Waals surface area contributed by atoms with E-state index in [1.165, 1.54) is 20.2 Å². The van der Waals surface area contributed by atoms with E-state index in [0.29, 0.717) is 42.1 Å². The SMILES string of the molecule is CCCCCC(OCc1ccc(OC)cc1)c1ccc(-n2c(CCCc3ccc(C(=O)O)s3)c(O)n(P)c2=O)cc1. The molecule has 10 heteroatoms. The molecule has 0 aliphatic carbocycles. The van der Waals surface area contributed by atoms with Gasteiger partial charge < -0.3 is 19.7 Å². The number of carbonyl (C=O) groups is 1. The number of rotatable bonds is 15. The van der Waals surface area contributed by atoms with Crippen molar-refractivity contribution in [3.05, 3.63) is 97.7 Å². The number of aryl methyl sites for hydroxylation is 1. The lowest BCUT2D eigenvalue weighted by molar-refractivity contribution is 0.0322. The zero-order chi connectivity index (χ0) is 29.4. The highest BCUT2D eigenvalue weighted by Gasteiger charge is 2.20. The van der Waals surface area contributed by atoms with Crippen LogP contribution in [0.4, 0.5) is 0 Å². The van der Waals surface area contributed by atoms with Gasteiger partial charge >= 0.3 is 11.7 Å². The molecule has 218 valence electrons. The third-order valence-corrected chi connectivity index (χ3v) is 8.66. The Kier molecular flexibility index (Phi) is 10.8. The Morgan fingerprint density at radius 2 is 1.73 bits per heavy atom. The summed E-state index contributed by atoms with van der Waals surface area (Å²) in [6.07, 6.45) is 5.86. The first-order valence-electron chi connectivity index (χ1n) is 13.8. The highest BCUT2D eigenvalue weighted by atomic mass is 32.1. The van der Waals surface area contributed by atoms with Gasteiger partial charge in [0.2, 0.25) is 5.88 Å². The molecule has 2 heterocycles. The van der Waals surface area contributed by atoms with Gasteiger partial charge in [-0.2, -0.15) is 0 Å². The van der Waals surface area contributed by atoms with Gasteiger partial charge in [-0.15, -0.1) is 11.3 Å². The van der Waals surface area contributed by atoms with Crippen molar-refractivity contribution >= 4 is 26.7 Å². The minimum atomic E-state index is -0.935. The molecule has 2 aromatic heterocycles. The number of benzene rings is 2. The molecule has 0 aliphatic heterocycles. The van der Waals surface area contributed by atoms with E-state index in [2.05, 4.69) is 16.3 Å². The van der Waals surface area contributed by atoms with Crippen molar-refractivity contribution in [2.75, 3.05) is 7.11 Å². The minimum Gasteiger partial charge on any atom is -0.497 e. The minimum absolute atomic E-state index is 0.0879. The van der Waals surface area contributed by atoms with Gasteiger partial charge in [0.1, 0.15) is 10.6 Å². The van der Waals surface area contributed by atoms with Gasteiger partial charge in [-0.25, -0.2) is 13.9 Å². The number of methoxy groups -OCH3 is 1. The lowest BCUT2D eigenvalue weighted by atomic mass is 10.0. The van der Waals surface area contributed by atoms with E-state index in [-0.39, 0.29) is 17.7 Å². The number of aromatic hydroxyl groups is 1. The van der Waals surface area contributed by atoms with Crippen molar-refractivity contribution in [3.63, 3.8) is 0 Å². The van der Waals surface area contributed by atoms with Crippen LogP contribution in [0.2, 0.25) is 0 Å². The number of carboxylic acid groups (broad SMARTS) is 1. The number of ether oxygens (including phenoxy) is 2. The van der Waals surface area contributed by atoms with E-state index >= 15 is 0 Å². The van der Waals surface area contributed by atoms with Crippen molar-refractivity contribution in [3.8, 4) is 17.3 Å². The molecule has 0 fully saturated rings. The van der Waals surface area contributed by atoms with Crippen molar-refractivity contribution < 1.29 is 24.5 Å². The fourth-order valence-electron chi connectivity index (χ4n) is 4.78. The maximum Gasteiger partial charge on any atom is 0.345 e. The first kappa shape index (κ1) is 30.6. The van der Waals surface area contributed by atoms with Crippen molar-refractivity contribution in [1.82, 2.24) is 8.90 Å². The van der Waals surface area contributed by atoms with E-state index in [1.54, 1.807) is 13.2 Å². The molecule has 0 saturated carbocycles. The largest absolute Gasteiger partial charge is 0.497 e. The molecule has 0 saturated heterocycles. The molecule has 0 bridgehead atoms. The Morgan fingerprint density at radius 3 is 2.37 bits per heavy atom. The van der Waals surface area contributed by atoms with Gasteiger partial charge in [-0.05, 0) is 82.6 Å².